The number of alkyl halides is 3. The van der Waals surface area contributed by atoms with Gasteiger partial charge in [-0.2, -0.15) is 13.2 Å². The van der Waals surface area contributed by atoms with E-state index >= 15 is 0 Å². The number of nitrogens with one attached hydrogen (secondary N) is 1. The van der Waals surface area contributed by atoms with Gasteiger partial charge in [0.25, 0.3) is 0 Å². The molecule has 0 aliphatic carbocycles. The van der Waals surface area contributed by atoms with Crippen LogP contribution < -0.4 is 5.32 Å². The lowest BCUT2D eigenvalue weighted by Crippen LogP contribution is -2.14. The van der Waals surface area contributed by atoms with Crippen molar-refractivity contribution in [1.82, 2.24) is 0 Å². The standard InChI is InChI=1S/C17H16F3NO4S/c1-2-26(24,25)15-6-4-3-5-12(15)13-9-11(17(18,19)20)7-8-14(13)21-10-16(22)23/h3-9,21H,2,10H2,1H3,(H,22,23). The number of carboxylic acids is 1. The first kappa shape index (κ1) is 19.8. The van der Waals surface area contributed by atoms with Crippen LogP contribution in [0.25, 0.3) is 11.1 Å². The fourth-order valence-electron chi connectivity index (χ4n) is 2.38. The monoisotopic (exact) mass is 387 g/mol. The highest BCUT2D eigenvalue weighted by Crippen LogP contribution is 2.38. The predicted octanol–water partition coefficient (Wildman–Crippen LogP) is 3.66. The van der Waals surface area contributed by atoms with Crippen molar-refractivity contribution >= 4 is 21.5 Å². The van der Waals surface area contributed by atoms with Gasteiger partial charge in [-0.15, -0.1) is 0 Å². The van der Waals surface area contributed by atoms with Crippen LogP contribution in [0, 0.1) is 0 Å². The number of sulfone groups is 1. The molecule has 0 unspecified atom stereocenters. The number of rotatable bonds is 6. The molecule has 0 aliphatic heterocycles. The zero-order valence-corrected chi connectivity index (χ0v) is 14.5. The molecule has 0 aliphatic rings. The quantitative estimate of drug-likeness (QED) is 0.790. The molecule has 0 aromatic heterocycles. The summed E-state index contributed by atoms with van der Waals surface area (Å²) in [6.45, 7) is 0.906. The minimum Gasteiger partial charge on any atom is -0.480 e. The summed E-state index contributed by atoms with van der Waals surface area (Å²) in [4.78, 5) is 10.7. The number of halogens is 3. The van der Waals surface area contributed by atoms with Crippen LogP contribution in [0.15, 0.2) is 47.4 Å². The van der Waals surface area contributed by atoms with E-state index in [1.54, 1.807) is 0 Å². The van der Waals surface area contributed by atoms with E-state index in [2.05, 4.69) is 5.32 Å². The Morgan fingerprint density at radius 2 is 1.77 bits per heavy atom. The first-order valence-electron chi connectivity index (χ1n) is 7.55. The molecule has 2 rings (SSSR count). The van der Waals surface area contributed by atoms with Gasteiger partial charge >= 0.3 is 12.1 Å². The zero-order valence-electron chi connectivity index (χ0n) is 13.7. The average molecular weight is 387 g/mol. The Balaban J connectivity index is 2.72. The normalized spacial score (nSPS) is 12.0. The summed E-state index contributed by atoms with van der Waals surface area (Å²) in [5, 5.41) is 11.3. The Labute approximate surface area is 148 Å². The lowest BCUT2D eigenvalue weighted by atomic mass is 10.0. The van der Waals surface area contributed by atoms with E-state index < -0.39 is 34.1 Å². The molecule has 0 atom stereocenters. The Hall–Kier alpha value is -2.55. The van der Waals surface area contributed by atoms with Gasteiger partial charge in [-0.1, -0.05) is 25.1 Å². The molecule has 2 aromatic carbocycles. The van der Waals surface area contributed by atoms with E-state index in [-0.39, 0.29) is 27.5 Å². The molecule has 2 N–H and O–H groups in total. The minimum atomic E-state index is -4.63. The highest BCUT2D eigenvalue weighted by atomic mass is 32.2. The smallest absolute Gasteiger partial charge is 0.416 e. The molecule has 0 saturated heterocycles. The lowest BCUT2D eigenvalue weighted by molar-refractivity contribution is -0.137. The second kappa shape index (κ2) is 7.36. The summed E-state index contributed by atoms with van der Waals surface area (Å²) in [6, 6.07) is 8.41. The molecule has 5 nitrogen and oxygen atoms in total. The molecule has 0 saturated carbocycles. The molecule has 0 bridgehead atoms. The molecular weight excluding hydrogens is 371 g/mol. The largest absolute Gasteiger partial charge is 0.480 e. The molecule has 0 amide bonds. The summed E-state index contributed by atoms with van der Waals surface area (Å²) in [5.41, 5.74) is -0.821. The van der Waals surface area contributed by atoms with Crippen molar-refractivity contribution < 1.29 is 31.5 Å². The maximum atomic E-state index is 13.1. The summed E-state index contributed by atoms with van der Waals surface area (Å²) < 4.78 is 63.9. The maximum absolute atomic E-state index is 13.1. The highest BCUT2D eigenvalue weighted by molar-refractivity contribution is 7.91. The van der Waals surface area contributed by atoms with Crippen LogP contribution in [0.5, 0.6) is 0 Å². The minimum absolute atomic E-state index is 0.0336. The van der Waals surface area contributed by atoms with Crippen molar-refractivity contribution in [2.75, 3.05) is 17.6 Å². The van der Waals surface area contributed by atoms with Gasteiger partial charge in [0.1, 0.15) is 6.54 Å². The van der Waals surface area contributed by atoms with Gasteiger partial charge < -0.3 is 10.4 Å². The fraction of sp³-hybridized carbons (Fsp3) is 0.235. The molecule has 0 spiro atoms. The Morgan fingerprint density at radius 1 is 1.12 bits per heavy atom. The molecule has 140 valence electrons. The summed E-state index contributed by atoms with van der Waals surface area (Å²) in [6.07, 6.45) is -4.63. The van der Waals surface area contributed by atoms with Gasteiger partial charge in [0, 0.05) is 16.8 Å². The third-order valence-corrected chi connectivity index (χ3v) is 5.46. The molecular formula is C17H16F3NO4S. The van der Waals surface area contributed by atoms with Crippen molar-refractivity contribution in [3.63, 3.8) is 0 Å². The Kier molecular flexibility index (Phi) is 5.60. The first-order chi connectivity index (χ1) is 12.1. The van der Waals surface area contributed by atoms with E-state index in [0.29, 0.717) is 0 Å². The van der Waals surface area contributed by atoms with E-state index in [0.717, 1.165) is 18.2 Å². The van der Waals surface area contributed by atoms with Crippen LogP contribution in [0.2, 0.25) is 0 Å². The van der Waals surface area contributed by atoms with Crippen LogP contribution in [0.3, 0.4) is 0 Å². The van der Waals surface area contributed by atoms with Gasteiger partial charge in [-0.05, 0) is 24.3 Å². The van der Waals surface area contributed by atoms with Crippen molar-refractivity contribution in [1.29, 1.82) is 0 Å². The molecule has 26 heavy (non-hydrogen) atoms. The summed E-state index contributed by atoms with van der Waals surface area (Å²) in [5.74, 6) is -1.42. The van der Waals surface area contributed by atoms with Gasteiger partial charge in [-0.25, -0.2) is 8.42 Å². The van der Waals surface area contributed by atoms with Crippen LogP contribution in [0.4, 0.5) is 18.9 Å². The molecule has 0 fully saturated rings. The zero-order chi connectivity index (χ0) is 19.5. The number of anilines is 1. The van der Waals surface area contributed by atoms with E-state index in [1.807, 2.05) is 0 Å². The van der Waals surface area contributed by atoms with Crippen molar-refractivity contribution in [3.8, 4) is 11.1 Å². The van der Waals surface area contributed by atoms with E-state index in [9.17, 15) is 26.4 Å². The third-order valence-electron chi connectivity index (χ3n) is 3.67. The number of carbonyl (C=O) groups is 1. The number of hydrogen-bond acceptors (Lipinski definition) is 4. The third kappa shape index (κ3) is 4.34. The topological polar surface area (TPSA) is 83.5 Å². The second-order valence-corrected chi connectivity index (χ2v) is 7.65. The average Bonchev–Trinajstić information content (AvgIpc) is 2.59. The SMILES string of the molecule is CCS(=O)(=O)c1ccccc1-c1cc(C(F)(F)F)ccc1NCC(=O)O. The predicted molar refractivity (Wildman–Crippen MR) is 90.7 cm³/mol. The van der Waals surface area contributed by atoms with Gasteiger partial charge in [0.05, 0.1) is 16.2 Å². The molecule has 2 aromatic rings. The maximum Gasteiger partial charge on any atom is 0.416 e. The lowest BCUT2D eigenvalue weighted by Gasteiger charge is -2.17. The number of aliphatic carboxylic acids is 1. The fourth-order valence-corrected chi connectivity index (χ4v) is 3.49. The van der Waals surface area contributed by atoms with Crippen LogP contribution in [0.1, 0.15) is 12.5 Å². The van der Waals surface area contributed by atoms with Gasteiger partial charge in [0.2, 0.25) is 0 Å². The van der Waals surface area contributed by atoms with Crippen molar-refractivity contribution in [3.05, 3.63) is 48.0 Å². The van der Waals surface area contributed by atoms with Crippen molar-refractivity contribution in [2.45, 2.75) is 18.0 Å². The Morgan fingerprint density at radius 3 is 2.35 bits per heavy atom. The summed E-state index contributed by atoms with van der Waals surface area (Å²) >= 11 is 0. The second-order valence-electron chi connectivity index (χ2n) is 5.40. The summed E-state index contributed by atoms with van der Waals surface area (Å²) in [7, 11) is -3.70. The number of hydrogen-bond donors (Lipinski definition) is 2. The molecule has 0 heterocycles. The molecule has 9 heteroatoms. The Bertz CT molecular complexity index is 924. The van der Waals surface area contributed by atoms with Crippen LogP contribution in [-0.2, 0) is 20.8 Å². The van der Waals surface area contributed by atoms with Gasteiger partial charge in [0.15, 0.2) is 9.84 Å². The number of benzene rings is 2. The first-order valence-corrected chi connectivity index (χ1v) is 9.20. The van der Waals surface area contributed by atoms with Crippen molar-refractivity contribution in [2.24, 2.45) is 0 Å². The van der Waals surface area contributed by atoms with Crippen LogP contribution in [-0.4, -0.2) is 31.8 Å². The molecule has 0 radical (unpaired) electrons. The van der Waals surface area contributed by atoms with Gasteiger partial charge in [-0.3, -0.25) is 4.79 Å². The highest BCUT2D eigenvalue weighted by Gasteiger charge is 2.31. The number of carboxylic acid groups (broad SMARTS) is 1. The van der Waals surface area contributed by atoms with Crippen LogP contribution >= 0.6 is 0 Å². The van der Waals surface area contributed by atoms with E-state index in [4.69, 9.17) is 5.11 Å². The van der Waals surface area contributed by atoms with E-state index in [1.165, 1.54) is 31.2 Å².